The number of hydrogen-bond donors (Lipinski definition) is 2. The van der Waals surface area contributed by atoms with E-state index in [1.807, 2.05) is 17.0 Å². The van der Waals surface area contributed by atoms with Crippen molar-refractivity contribution in [3.05, 3.63) is 35.4 Å². The molecule has 0 aliphatic carbocycles. The van der Waals surface area contributed by atoms with Gasteiger partial charge in [0.25, 0.3) is 0 Å². The second-order valence-electron chi connectivity index (χ2n) is 5.84. The van der Waals surface area contributed by atoms with Crippen molar-refractivity contribution in [3.63, 3.8) is 0 Å². The van der Waals surface area contributed by atoms with Crippen LogP contribution in [0.25, 0.3) is 0 Å². The van der Waals surface area contributed by atoms with Crippen LogP contribution in [0.15, 0.2) is 24.3 Å². The van der Waals surface area contributed by atoms with E-state index in [9.17, 15) is 14.4 Å². The second-order valence-corrected chi connectivity index (χ2v) is 5.84. The topological polar surface area (TPSA) is 86.7 Å². The average Bonchev–Trinajstić information content (AvgIpc) is 2.54. The SMILES string of the molecule is CC(=O)NCCC(=O)N1CCC[C@@H](c2ccc(C(=O)O)cc2)C1. The highest BCUT2D eigenvalue weighted by Crippen LogP contribution is 2.27. The average molecular weight is 318 g/mol. The van der Waals surface area contributed by atoms with Crippen LogP contribution in [0.3, 0.4) is 0 Å². The summed E-state index contributed by atoms with van der Waals surface area (Å²) in [6, 6.07) is 6.88. The molecule has 23 heavy (non-hydrogen) atoms. The zero-order valence-corrected chi connectivity index (χ0v) is 13.2. The molecule has 1 aliphatic rings. The third kappa shape index (κ3) is 4.81. The van der Waals surface area contributed by atoms with E-state index in [1.54, 1.807) is 12.1 Å². The van der Waals surface area contributed by atoms with Gasteiger partial charge in [0.1, 0.15) is 0 Å². The fraction of sp³-hybridized carbons (Fsp3) is 0.471. The zero-order valence-electron chi connectivity index (χ0n) is 13.2. The lowest BCUT2D eigenvalue weighted by atomic mass is 9.90. The van der Waals surface area contributed by atoms with E-state index >= 15 is 0 Å². The van der Waals surface area contributed by atoms with Crippen LogP contribution in [0.1, 0.15) is 48.0 Å². The summed E-state index contributed by atoms with van der Waals surface area (Å²) >= 11 is 0. The summed E-state index contributed by atoms with van der Waals surface area (Å²) in [4.78, 5) is 35.8. The van der Waals surface area contributed by atoms with Gasteiger partial charge in [-0.2, -0.15) is 0 Å². The Labute approximate surface area is 135 Å². The Hall–Kier alpha value is -2.37. The van der Waals surface area contributed by atoms with E-state index in [2.05, 4.69) is 5.32 Å². The molecule has 124 valence electrons. The molecule has 1 saturated heterocycles. The standard InChI is InChI=1S/C17H22N2O4/c1-12(20)18-9-8-16(21)19-10-2-3-15(11-19)13-4-6-14(7-5-13)17(22)23/h4-7,15H,2-3,8-11H2,1H3,(H,18,20)(H,22,23)/t15-/m1/s1. The Bertz CT molecular complexity index is 583. The smallest absolute Gasteiger partial charge is 0.335 e. The number of carboxylic acid groups (broad SMARTS) is 1. The lowest BCUT2D eigenvalue weighted by Gasteiger charge is -2.33. The summed E-state index contributed by atoms with van der Waals surface area (Å²) < 4.78 is 0. The Morgan fingerprint density at radius 2 is 1.96 bits per heavy atom. The first-order valence-electron chi connectivity index (χ1n) is 7.83. The molecule has 6 heteroatoms. The number of carboxylic acids is 1. The number of aromatic carboxylic acids is 1. The third-order valence-electron chi connectivity index (χ3n) is 4.12. The van der Waals surface area contributed by atoms with Crippen LogP contribution >= 0.6 is 0 Å². The van der Waals surface area contributed by atoms with Crippen LogP contribution < -0.4 is 5.32 Å². The number of carbonyl (C=O) groups is 3. The van der Waals surface area contributed by atoms with E-state index in [4.69, 9.17) is 5.11 Å². The van der Waals surface area contributed by atoms with E-state index in [1.165, 1.54) is 6.92 Å². The molecule has 6 nitrogen and oxygen atoms in total. The fourth-order valence-electron chi connectivity index (χ4n) is 2.88. The van der Waals surface area contributed by atoms with Crippen LogP contribution in [0.5, 0.6) is 0 Å². The van der Waals surface area contributed by atoms with Crippen molar-refractivity contribution in [2.24, 2.45) is 0 Å². The van der Waals surface area contributed by atoms with Crippen molar-refractivity contribution >= 4 is 17.8 Å². The molecule has 1 aliphatic heterocycles. The minimum Gasteiger partial charge on any atom is -0.478 e. The monoisotopic (exact) mass is 318 g/mol. The van der Waals surface area contributed by atoms with E-state index in [0.717, 1.165) is 24.9 Å². The first kappa shape index (κ1) is 17.0. The number of nitrogens with one attached hydrogen (secondary N) is 1. The Morgan fingerprint density at radius 3 is 2.57 bits per heavy atom. The third-order valence-corrected chi connectivity index (χ3v) is 4.12. The van der Waals surface area contributed by atoms with Crippen molar-refractivity contribution in [1.82, 2.24) is 10.2 Å². The molecule has 2 N–H and O–H groups in total. The van der Waals surface area contributed by atoms with Gasteiger partial charge >= 0.3 is 5.97 Å². The van der Waals surface area contributed by atoms with Gasteiger partial charge < -0.3 is 15.3 Å². The normalized spacial score (nSPS) is 17.6. The number of hydrogen-bond acceptors (Lipinski definition) is 3. The molecule has 1 aromatic carbocycles. The van der Waals surface area contributed by atoms with Crippen molar-refractivity contribution in [2.75, 3.05) is 19.6 Å². The highest BCUT2D eigenvalue weighted by Gasteiger charge is 2.24. The Morgan fingerprint density at radius 1 is 1.26 bits per heavy atom. The first-order chi connectivity index (χ1) is 11.0. The minimum absolute atomic E-state index is 0.0469. The molecule has 0 bridgehead atoms. The van der Waals surface area contributed by atoms with Gasteiger partial charge in [-0.3, -0.25) is 9.59 Å². The molecule has 0 radical (unpaired) electrons. The van der Waals surface area contributed by atoms with Crippen LogP contribution in [-0.2, 0) is 9.59 Å². The summed E-state index contributed by atoms with van der Waals surface area (Å²) in [5.41, 5.74) is 1.34. The fourth-order valence-corrected chi connectivity index (χ4v) is 2.88. The van der Waals surface area contributed by atoms with Crippen molar-refractivity contribution in [1.29, 1.82) is 0 Å². The molecule has 0 unspecified atom stereocenters. The zero-order chi connectivity index (χ0) is 16.8. The van der Waals surface area contributed by atoms with E-state index in [0.29, 0.717) is 19.5 Å². The molecule has 1 heterocycles. The second kappa shape index (κ2) is 7.76. The summed E-state index contributed by atoms with van der Waals surface area (Å²) in [6.45, 7) is 3.18. The predicted octanol–water partition coefficient (Wildman–Crippen LogP) is 1.62. The number of piperidine rings is 1. The molecule has 2 rings (SSSR count). The van der Waals surface area contributed by atoms with Crippen LogP contribution in [0.2, 0.25) is 0 Å². The molecule has 0 spiro atoms. The van der Waals surface area contributed by atoms with Gasteiger partial charge in [-0.05, 0) is 30.5 Å². The van der Waals surface area contributed by atoms with Crippen molar-refractivity contribution in [3.8, 4) is 0 Å². The summed E-state index contributed by atoms with van der Waals surface area (Å²) in [7, 11) is 0. The number of benzene rings is 1. The van der Waals surface area contributed by atoms with E-state index < -0.39 is 5.97 Å². The lowest BCUT2D eigenvalue weighted by Crippen LogP contribution is -2.40. The predicted molar refractivity (Wildman–Crippen MR) is 85.3 cm³/mol. The summed E-state index contributed by atoms with van der Waals surface area (Å²) in [5.74, 6) is -0.787. The molecule has 1 atom stereocenters. The number of carbonyl (C=O) groups excluding carboxylic acids is 2. The van der Waals surface area contributed by atoms with Gasteiger partial charge in [0.2, 0.25) is 11.8 Å². The lowest BCUT2D eigenvalue weighted by molar-refractivity contribution is -0.132. The number of rotatable bonds is 5. The van der Waals surface area contributed by atoms with E-state index in [-0.39, 0.29) is 23.3 Å². The summed E-state index contributed by atoms with van der Waals surface area (Å²) in [6.07, 6.45) is 2.23. The molecular weight excluding hydrogens is 296 g/mol. The minimum atomic E-state index is -0.935. The van der Waals surface area contributed by atoms with Crippen molar-refractivity contribution in [2.45, 2.75) is 32.1 Å². The number of likely N-dealkylation sites (tertiary alicyclic amines) is 1. The van der Waals surface area contributed by atoms with Crippen LogP contribution in [0, 0.1) is 0 Å². The van der Waals surface area contributed by atoms with Gasteiger partial charge in [-0.15, -0.1) is 0 Å². The van der Waals surface area contributed by atoms with Gasteiger partial charge in [0.05, 0.1) is 5.56 Å². The highest BCUT2D eigenvalue weighted by atomic mass is 16.4. The maximum atomic E-state index is 12.2. The number of amides is 2. The van der Waals surface area contributed by atoms with Gasteiger partial charge in [-0.1, -0.05) is 12.1 Å². The van der Waals surface area contributed by atoms with Crippen molar-refractivity contribution < 1.29 is 19.5 Å². The Balaban J connectivity index is 1.93. The van der Waals surface area contributed by atoms with Gasteiger partial charge in [-0.25, -0.2) is 4.79 Å². The summed E-state index contributed by atoms with van der Waals surface area (Å²) in [5, 5.41) is 11.6. The van der Waals surface area contributed by atoms with Gasteiger partial charge in [0.15, 0.2) is 0 Å². The molecule has 1 aromatic rings. The number of nitrogens with zero attached hydrogens (tertiary/aromatic N) is 1. The first-order valence-corrected chi connectivity index (χ1v) is 7.83. The maximum absolute atomic E-state index is 12.2. The molecule has 0 saturated carbocycles. The van der Waals surface area contributed by atoms with Gasteiger partial charge in [0, 0.05) is 38.9 Å². The quantitative estimate of drug-likeness (QED) is 0.863. The molecular formula is C17H22N2O4. The van der Waals surface area contributed by atoms with Crippen LogP contribution in [-0.4, -0.2) is 47.4 Å². The highest BCUT2D eigenvalue weighted by molar-refractivity contribution is 5.87. The largest absolute Gasteiger partial charge is 0.478 e. The molecule has 2 amide bonds. The van der Waals surface area contributed by atoms with Crippen LogP contribution in [0.4, 0.5) is 0 Å². The maximum Gasteiger partial charge on any atom is 0.335 e. The molecule has 0 aromatic heterocycles. The Kier molecular flexibility index (Phi) is 5.73. The molecule has 1 fully saturated rings.